The minimum absolute atomic E-state index is 0.0720. The average molecular weight is 443 g/mol. The summed E-state index contributed by atoms with van der Waals surface area (Å²) in [7, 11) is 0.775. The molecule has 2 aromatic carbocycles. The van der Waals surface area contributed by atoms with Crippen LogP contribution in [0, 0.1) is 0 Å². The van der Waals surface area contributed by atoms with Crippen molar-refractivity contribution >= 4 is 43.2 Å². The van der Waals surface area contributed by atoms with E-state index in [2.05, 4.69) is 4.40 Å². The molecule has 0 spiro atoms. The fourth-order valence-corrected chi connectivity index (χ4v) is 5.02. The predicted molar refractivity (Wildman–Crippen MR) is 109 cm³/mol. The van der Waals surface area contributed by atoms with Crippen LogP contribution in [0.4, 0.5) is 0 Å². The molecule has 0 atom stereocenters. The molecule has 0 bridgehead atoms. The maximum Gasteiger partial charge on any atom is 0.285 e. The SMILES string of the molecule is COCCn1/c(=N/S(=O)(=O)c2ccc(Cl)cc2)sc2cc(OC)c(OC)cc21. The van der Waals surface area contributed by atoms with Crippen LogP contribution in [0.5, 0.6) is 11.5 Å². The van der Waals surface area contributed by atoms with Crippen molar-refractivity contribution in [3.05, 3.63) is 46.2 Å². The highest BCUT2D eigenvalue weighted by Gasteiger charge is 2.17. The van der Waals surface area contributed by atoms with Crippen molar-refractivity contribution < 1.29 is 22.6 Å². The summed E-state index contributed by atoms with van der Waals surface area (Å²) < 4.78 is 48.1. The molecule has 0 radical (unpaired) electrons. The first kappa shape index (κ1) is 20.7. The number of thiazole rings is 1. The highest BCUT2D eigenvalue weighted by atomic mass is 35.5. The molecule has 10 heteroatoms. The van der Waals surface area contributed by atoms with Gasteiger partial charge in [-0.1, -0.05) is 22.9 Å². The number of benzene rings is 2. The average Bonchev–Trinajstić information content (AvgIpc) is 3.00. The van der Waals surface area contributed by atoms with Crippen LogP contribution in [0.1, 0.15) is 0 Å². The van der Waals surface area contributed by atoms with E-state index in [9.17, 15) is 8.42 Å². The zero-order chi connectivity index (χ0) is 20.3. The first-order chi connectivity index (χ1) is 13.4. The van der Waals surface area contributed by atoms with Crippen LogP contribution in [0.3, 0.4) is 0 Å². The summed E-state index contributed by atoms with van der Waals surface area (Å²) in [5, 5.41) is 0.454. The Labute approximate surface area is 171 Å². The third-order valence-corrected chi connectivity index (χ3v) is 6.71. The maximum atomic E-state index is 12.8. The molecule has 0 N–H and O–H groups in total. The summed E-state index contributed by atoms with van der Waals surface area (Å²) in [4.78, 5) is 0.403. The van der Waals surface area contributed by atoms with Crippen molar-refractivity contribution in [3.63, 3.8) is 0 Å². The number of hydrogen-bond acceptors (Lipinski definition) is 6. The van der Waals surface area contributed by atoms with Crippen molar-refractivity contribution in [1.29, 1.82) is 0 Å². The molecule has 3 aromatic rings. The summed E-state index contributed by atoms with van der Waals surface area (Å²) >= 11 is 7.10. The van der Waals surface area contributed by atoms with Crippen molar-refractivity contribution in [2.75, 3.05) is 27.9 Å². The highest BCUT2D eigenvalue weighted by molar-refractivity contribution is 7.90. The van der Waals surface area contributed by atoms with Gasteiger partial charge in [-0.3, -0.25) is 0 Å². The van der Waals surface area contributed by atoms with Gasteiger partial charge in [-0.2, -0.15) is 8.42 Å². The van der Waals surface area contributed by atoms with Crippen molar-refractivity contribution in [1.82, 2.24) is 4.57 Å². The van der Waals surface area contributed by atoms with Gasteiger partial charge in [-0.15, -0.1) is 4.40 Å². The van der Waals surface area contributed by atoms with Crippen LogP contribution in [-0.4, -0.2) is 40.9 Å². The number of fused-ring (bicyclic) bond motifs is 1. The molecule has 150 valence electrons. The Balaban J connectivity index is 2.23. The van der Waals surface area contributed by atoms with E-state index in [1.54, 1.807) is 38.0 Å². The second-order valence-electron chi connectivity index (χ2n) is 5.72. The van der Waals surface area contributed by atoms with Crippen LogP contribution in [0.15, 0.2) is 45.7 Å². The Kier molecular flexibility index (Phi) is 6.29. The molecule has 0 aliphatic carbocycles. The van der Waals surface area contributed by atoms with E-state index in [4.69, 9.17) is 25.8 Å². The summed E-state index contributed by atoms with van der Waals surface area (Å²) in [6, 6.07) is 9.50. The monoisotopic (exact) mass is 442 g/mol. The van der Waals surface area contributed by atoms with E-state index < -0.39 is 10.0 Å². The van der Waals surface area contributed by atoms with Crippen LogP contribution in [-0.2, 0) is 21.3 Å². The second-order valence-corrected chi connectivity index (χ2v) is 8.77. The number of rotatable bonds is 7. The fraction of sp³-hybridized carbons (Fsp3) is 0.278. The van der Waals surface area contributed by atoms with Gasteiger partial charge in [-0.05, 0) is 24.3 Å². The number of aromatic nitrogens is 1. The number of sulfonamides is 1. The van der Waals surface area contributed by atoms with Gasteiger partial charge < -0.3 is 18.8 Å². The Hall–Kier alpha value is -2.07. The van der Waals surface area contributed by atoms with Crippen molar-refractivity contribution in [2.45, 2.75) is 11.4 Å². The molecule has 0 aliphatic heterocycles. The molecule has 28 heavy (non-hydrogen) atoms. The lowest BCUT2D eigenvalue weighted by Gasteiger charge is -2.09. The van der Waals surface area contributed by atoms with Crippen LogP contribution >= 0.6 is 22.9 Å². The summed E-state index contributed by atoms with van der Waals surface area (Å²) in [5.41, 5.74) is 0.782. The van der Waals surface area contributed by atoms with Gasteiger partial charge in [0.1, 0.15) is 0 Å². The molecule has 0 saturated heterocycles. The summed E-state index contributed by atoms with van der Waals surface area (Å²) in [6.07, 6.45) is 0. The summed E-state index contributed by atoms with van der Waals surface area (Å²) in [5.74, 6) is 1.10. The van der Waals surface area contributed by atoms with Gasteiger partial charge >= 0.3 is 0 Å². The Morgan fingerprint density at radius 2 is 1.71 bits per heavy atom. The van der Waals surface area contributed by atoms with Gasteiger partial charge in [0.05, 0.1) is 35.9 Å². The van der Waals surface area contributed by atoms with E-state index in [0.29, 0.717) is 34.5 Å². The maximum absolute atomic E-state index is 12.8. The minimum atomic E-state index is -3.90. The normalized spacial score (nSPS) is 12.5. The minimum Gasteiger partial charge on any atom is -0.493 e. The predicted octanol–water partition coefficient (Wildman–Crippen LogP) is 3.31. The standard InChI is InChI=1S/C18H19ClN2O5S2/c1-24-9-8-21-14-10-15(25-2)16(26-3)11-17(14)27-18(21)20-28(22,23)13-6-4-12(19)5-7-13/h4-7,10-11H,8-9H2,1-3H3/b20-18-. The molecule has 0 saturated carbocycles. The molecule has 0 fully saturated rings. The third kappa shape index (κ3) is 4.17. The van der Waals surface area contributed by atoms with Gasteiger partial charge in [-0.25, -0.2) is 0 Å². The first-order valence-electron chi connectivity index (χ1n) is 8.20. The first-order valence-corrected chi connectivity index (χ1v) is 10.8. The van der Waals surface area contributed by atoms with E-state index in [1.807, 2.05) is 0 Å². The number of ether oxygens (including phenoxy) is 3. The molecule has 0 amide bonds. The van der Waals surface area contributed by atoms with E-state index in [0.717, 1.165) is 10.2 Å². The molecular weight excluding hydrogens is 424 g/mol. The number of hydrogen-bond donors (Lipinski definition) is 0. The number of methoxy groups -OCH3 is 3. The van der Waals surface area contributed by atoms with Gasteiger partial charge in [0.25, 0.3) is 10.0 Å². The topological polar surface area (TPSA) is 79.1 Å². The molecular formula is C18H19ClN2O5S2. The van der Waals surface area contributed by atoms with Gasteiger partial charge in [0, 0.05) is 30.8 Å². The smallest absolute Gasteiger partial charge is 0.285 e. The lowest BCUT2D eigenvalue weighted by atomic mass is 10.3. The molecule has 7 nitrogen and oxygen atoms in total. The largest absolute Gasteiger partial charge is 0.493 e. The van der Waals surface area contributed by atoms with Crippen LogP contribution in [0.25, 0.3) is 10.2 Å². The lowest BCUT2D eigenvalue weighted by Crippen LogP contribution is -2.19. The fourth-order valence-electron chi connectivity index (χ4n) is 2.63. The molecule has 3 rings (SSSR count). The van der Waals surface area contributed by atoms with Crippen LogP contribution in [0.2, 0.25) is 5.02 Å². The zero-order valence-electron chi connectivity index (χ0n) is 15.5. The zero-order valence-corrected chi connectivity index (χ0v) is 17.9. The molecule has 1 aromatic heterocycles. The van der Waals surface area contributed by atoms with Crippen molar-refractivity contribution in [3.8, 4) is 11.5 Å². The number of halogens is 1. The van der Waals surface area contributed by atoms with Gasteiger partial charge in [0.15, 0.2) is 11.5 Å². The Morgan fingerprint density at radius 1 is 1.07 bits per heavy atom. The third-order valence-electron chi connectivity index (χ3n) is 4.02. The highest BCUT2D eigenvalue weighted by Crippen LogP contribution is 2.33. The molecule has 1 heterocycles. The molecule has 0 unspecified atom stereocenters. The van der Waals surface area contributed by atoms with E-state index in [1.165, 1.54) is 35.6 Å². The Morgan fingerprint density at radius 3 is 2.32 bits per heavy atom. The van der Waals surface area contributed by atoms with E-state index in [-0.39, 0.29) is 4.90 Å². The van der Waals surface area contributed by atoms with E-state index >= 15 is 0 Å². The van der Waals surface area contributed by atoms with Crippen LogP contribution < -0.4 is 14.3 Å². The number of nitrogens with zero attached hydrogens (tertiary/aromatic N) is 2. The van der Waals surface area contributed by atoms with Crippen molar-refractivity contribution in [2.24, 2.45) is 4.40 Å². The molecule has 0 aliphatic rings. The van der Waals surface area contributed by atoms with Gasteiger partial charge in [0.2, 0.25) is 4.80 Å². The summed E-state index contributed by atoms with van der Waals surface area (Å²) in [6.45, 7) is 0.829. The lowest BCUT2D eigenvalue weighted by molar-refractivity contribution is 0.187. The Bertz CT molecular complexity index is 1150. The second kappa shape index (κ2) is 8.52. The quantitative estimate of drug-likeness (QED) is 0.560.